The van der Waals surface area contributed by atoms with Gasteiger partial charge >= 0.3 is 5.97 Å². The van der Waals surface area contributed by atoms with E-state index in [4.69, 9.17) is 10.5 Å². The number of esters is 1. The summed E-state index contributed by atoms with van der Waals surface area (Å²) in [6.07, 6.45) is 0.533. The highest BCUT2D eigenvalue weighted by Gasteiger charge is 2.15. The average Bonchev–Trinajstić information content (AvgIpc) is 2.22. The van der Waals surface area contributed by atoms with Crippen molar-refractivity contribution in [3.63, 3.8) is 0 Å². The number of aryl methyl sites for hydroxylation is 2. The first-order valence-corrected chi connectivity index (χ1v) is 5.53. The number of carbonyl (C=O) groups is 1. The van der Waals surface area contributed by atoms with Gasteiger partial charge in [0.25, 0.3) is 0 Å². The van der Waals surface area contributed by atoms with Gasteiger partial charge in [0.1, 0.15) is 6.04 Å². The Hall–Kier alpha value is -1.35. The maximum atomic E-state index is 11.4. The summed E-state index contributed by atoms with van der Waals surface area (Å²) in [6, 6.07) is 5.57. The van der Waals surface area contributed by atoms with Gasteiger partial charge in [-0.1, -0.05) is 23.8 Å². The lowest BCUT2D eigenvalue weighted by molar-refractivity contribution is -0.144. The van der Waals surface area contributed by atoms with Gasteiger partial charge in [-0.25, -0.2) is 0 Å². The molecule has 0 aliphatic carbocycles. The molecule has 1 unspecified atom stereocenters. The zero-order valence-corrected chi connectivity index (χ0v) is 10.1. The fraction of sp³-hybridized carbons (Fsp3) is 0.462. The van der Waals surface area contributed by atoms with Crippen LogP contribution in [0.2, 0.25) is 0 Å². The number of nitrogens with two attached hydrogens (primary N) is 1. The van der Waals surface area contributed by atoms with Crippen molar-refractivity contribution in [1.29, 1.82) is 0 Å². The van der Waals surface area contributed by atoms with Gasteiger partial charge in [0.05, 0.1) is 6.61 Å². The van der Waals surface area contributed by atoms with Crippen molar-refractivity contribution in [3.05, 3.63) is 34.9 Å². The van der Waals surface area contributed by atoms with Gasteiger partial charge in [0.15, 0.2) is 0 Å². The monoisotopic (exact) mass is 221 g/mol. The minimum atomic E-state index is -0.568. The molecular weight excluding hydrogens is 202 g/mol. The minimum Gasteiger partial charge on any atom is -0.465 e. The zero-order chi connectivity index (χ0) is 12.1. The Morgan fingerprint density at radius 3 is 2.69 bits per heavy atom. The molecule has 0 bridgehead atoms. The molecule has 0 aliphatic rings. The lowest BCUT2D eigenvalue weighted by Crippen LogP contribution is -2.34. The smallest absolute Gasteiger partial charge is 0.323 e. The van der Waals surface area contributed by atoms with Crippen LogP contribution in [-0.4, -0.2) is 18.6 Å². The second-order valence-electron chi connectivity index (χ2n) is 3.99. The van der Waals surface area contributed by atoms with Crippen LogP contribution in [0.4, 0.5) is 0 Å². The second-order valence-corrected chi connectivity index (χ2v) is 3.99. The third-order valence-corrected chi connectivity index (χ3v) is 2.53. The van der Waals surface area contributed by atoms with Crippen LogP contribution in [0.25, 0.3) is 0 Å². The predicted octanol–water partition coefficient (Wildman–Crippen LogP) is 1.74. The summed E-state index contributed by atoms with van der Waals surface area (Å²) in [5.74, 6) is -0.331. The van der Waals surface area contributed by atoms with E-state index < -0.39 is 6.04 Å². The molecule has 0 radical (unpaired) electrons. The Balaban J connectivity index is 2.69. The van der Waals surface area contributed by atoms with Crippen molar-refractivity contribution < 1.29 is 9.53 Å². The molecule has 16 heavy (non-hydrogen) atoms. The molecule has 88 valence electrons. The summed E-state index contributed by atoms with van der Waals surface area (Å²) >= 11 is 0. The van der Waals surface area contributed by atoms with Crippen LogP contribution in [0.3, 0.4) is 0 Å². The van der Waals surface area contributed by atoms with Gasteiger partial charge in [-0.2, -0.15) is 0 Å². The van der Waals surface area contributed by atoms with Gasteiger partial charge in [0.2, 0.25) is 0 Å². The third-order valence-electron chi connectivity index (χ3n) is 2.53. The quantitative estimate of drug-likeness (QED) is 0.788. The van der Waals surface area contributed by atoms with Gasteiger partial charge in [-0.3, -0.25) is 4.79 Å². The third kappa shape index (κ3) is 3.35. The van der Waals surface area contributed by atoms with E-state index >= 15 is 0 Å². The first kappa shape index (κ1) is 12.7. The number of rotatable bonds is 4. The Bertz CT molecular complexity index is 374. The largest absolute Gasteiger partial charge is 0.465 e. The fourth-order valence-electron chi connectivity index (χ4n) is 1.64. The van der Waals surface area contributed by atoms with E-state index in [1.807, 2.05) is 26.0 Å². The predicted molar refractivity (Wildman–Crippen MR) is 64.2 cm³/mol. The molecule has 1 aromatic carbocycles. The van der Waals surface area contributed by atoms with E-state index in [0.29, 0.717) is 13.0 Å². The molecule has 0 fully saturated rings. The first-order valence-electron chi connectivity index (χ1n) is 5.53. The van der Waals surface area contributed by atoms with Crippen molar-refractivity contribution in [1.82, 2.24) is 0 Å². The van der Waals surface area contributed by atoms with E-state index in [2.05, 4.69) is 6.07 Å². The lowest BCUT2D eigenvalue weighted by Gasteiger charge is -2.12. The Kier molecular flexibility index (Phi) is 4.50. The maximum Gasteiger partial charge on any atom is 0.323 e. The van der Waals surface area contributed by atoms with Gasteiger partial charge in [-0.05, 0) is 38.3 Å². The molecule has 3 heteroatoms. The highest BCUT2D eigenvalue weighted by molar-refractivity contribution is 5.75. The molecular formula is C13H19NO2. The van der Waals surface area contributed by atoms with Gasteiger partial charge < -0.3 is 10.5 Å². The summed E-state index contributed by atoms with van der Waals surface area (Å²) in [6.45, 7) is 6.23. The highest BCUT2D eigenvalue weighted by atomic mass is 16.5. The van der Waals surface area contributed by atoms with Gasteiger partial charge in [0, 0.05) is 0 Å². The van der Waals surface area contributed by atoms with Crippen LogP contribution in [0.1, 0.15) is 23.6 Å². The Morgan fingerprint density at radius 1 is 1.44 bits per heavy atom. The number of ether oxygens (including phenoxy) is 1. The van der Waals surface area contributed by atoms with E-state index in [1.54, 1.807) is 6.92 Å². The molecule has 0 saturated carbocycles. The van der Waals surface area contributed by atoms with Crippen LogP contribution in [0.5, 0.6) is 0 Å². The average molecular weight is 221 g/mol. The van der Waals surface area contributed by atoms with Crippen molar-refractivity contribution in [3.8, 4) is 0 Å². The zero-order valence-electron chi connectivity index (χ0n) is 10.1. The van der Waals surface area contributed by atoms with E-state index in [0.717, 1.165) is 5.56 Å². The highest BCUT2D eigenvalue weighted by Crippen LogP contribution is 2.12. The summed E-state index contributed by atoms with van der Waals surface area (Å²) in [5.41, 5.74) is 9.25. The maximum absolute atomic E-state index is 11.4. The molecule has 0 aromatic heterocycles. The first-order chi connectivity index (χ1) is 7.54. The number of carbonyl (C=O) groups excluding carboxylic acids is 1. The number of hydrogen-bond donors (Lipinski definition) is 1. The molecule has 1 atom stereocenters. The topological polar surface area (TPSA) is 52.3 Å². The van der Waals surface area contributed by atoms with Gasteiger partial charge in [-0.15, -0.1) is 0 Å². The molecule has 0 aliphatic heterocycles. The van der Waals surface area contributed by atoms with Crippen LogP contribution in [0.15, 0.2) is 18.2 Å². The molecule has 1 rings (SSSR count). The summed E-state index contributed by atoms with van der Waals surface area (Å²) < 4.78 is 4.88. The van der Waals surface area contributed by atoms with Crippen LogP contribution in [-0.2, 0) is 16.0 Å². The molecule has 0 amide bonds. The molecule has 0 heterocycles. The standard InChI is InChI=1S/C13H19NO2/c1-4-16-13(15)12(14)8-11-6-5-9(2)7-10(11)3/h5-7,12H,4,8,14H2,1-3H3. The van der Waals surface area contributed by atoms with Crippen molar-refractivity contribution in [2.75, 3.05) is 6.61 Å². The van der Waals surface area contributed by atoms with Crippen molar-refractivity contribution in [2.45, 2.75) is 33.2 Å². The van der Waals surface area contributed by atoms with Crippen LogP contribution < -0.4 is 5.73 Å². The van der Waals surface area contributed by atoms with E-state index in [1.165, 1.54) is 11.1 Å². The summed E-state index contributed by atoms with van der Waals surface area (Å²) in [4.78, 5) is 11.4. The molecule has 0 spiro atoms. The minimum absolute atomic E-state index is 0.331. The Labute approximate surface area is 96.6 Å². The second kappa shape index (κ2) is 5.66. The van der Waals surface area contributed by atoms with Crippen molar-refractivity contribution in [2.24, 2.45) is 5.73 Å². The summed E-state index contributed by atoms with van der Waals surface area (Å²) in [5, 5.41) is 0. The van der Waals surface area contributed by atoms with Crippen LogP contribution >= 0.6 is 0 Å². The SMILES string of the molecule is CCOC(=O)C(N)Cc1ccc(C)cc1C. The van der Waals surface area contributed by atoms with E-state index in [-0.39, 0.29) is 5.97 Å². The number of benzene rings is 1. The normalized spacial score (nSPS) is 12.2. The number of hydrogen-bond acceptors (Lipinski definition) is 3. The summed E-state index contributed by atoms with van der Waals surface area (Å²) in [7, 11) is 0. The Morgan fingerprint density at radius 2 is 2.12 bits per heavy atom. The van der Waals surface area contributed by atoms with E-state index in [9.17, 15) is 4.79 Å². The molecule has 0 saturated heterocycles. The van der Waals surface area contributed by atoms with Crippen molar-refractivity contribution >= 4 is 5.97 Å². The van der Waals surface area contributed by atoms with Crippen LogP contribution in [0, 0.1) is 13.8 Å². The fourth-order valence-corrected chi connectivity index (χ4v) is 1.64. The molecule has 3 nitrogen and oxygen atoms in total. The molecule has 2 N–H and O–H groups in total. The molecule has 1 aromatic rings. The lowest BCUT2D eigenvalue weighted by atomic mass is 10.00.